The van der Waals surface area contributed by atoms with Crippen LogP contribution in [0.1, 0.15) is 32.3 Å². The molecular formula is C18H21N3O4. The van der Waals surface area contributed by atoms with Gasteiger partial charge < -0.3 is 15.4 Å². The number of anilines is 1. The van der Waals surface area contributed by atoms with Gasteiger partial charge in [0.05, 0.1) is 4.92 Å². The predicted molar refractivity (Wildman–Crippen MR) is 95.9 cm³/mol. The number of amides is 2. The summed E-state index contributed by atoms with van der Waals surface area (Å²) in [5, 5.41) is 15.9. The second-order valence-corrected chi connectivity index (χ2v) is 5.86. The number of carbonyl (C=O) groups excluding carboxylic acids is 1. The molecule has 0 saturated heterocycles. The van der Waals surface area contributed by atoms with Crippen molar-refractivity contribution in [2.75, 3.05) is 5.32 Å². The van der Waals surface area contributed by atoms with E-state index < -0.39 is 17.2 Å². The Morgan fingerprint density at radius 2 is 1.72 bits per heavy atom. The number of rotatable bonds is 6. The molecule has 0 saturated carbocycles. The number of para-hydroxylation sites is 1. The Bertz CT molecular complexity index is 744. The van der Waals surface area contributed by atoms with E-state index in [0.29, 0.717) is 11.6 Å². The largest absolute Gasteiger partial charge is 0.471 e. The monoisotopic (exact) mass is 343 g/mol. The Hall–Kier alpha value is -3.09. The molecule has 0 aliphatic carbocycles. The van der Waals surface area contributed by atoms with E-state index in [1.807, 2.05) is 24.3 Å². The average molecular weight is 343 g/mol. The van der Waals surface area contributed by atoms with Crippen LogP contribution >= 0.6 is 0 Å². The highest BCUT2D eigenvalue weighted by Gasteiger charge is 2.13. The molecule has 1 atom stereocenters. The number of ether oxygens (including phenoxy) is 1. The molecule has 0 spiro atoms. The number of non-ortho nitro benzene ring substituents is 1. The van der Waals surface area contributed by atoms with Gasteiger partial charge in [-0.25, -0.2) is 4.79 Å². The molecule has 25 heavy (non-hydrogen) atoms. The summed E-state index contributed by atoms with van der Waals surface area (Å²) < 4.78 is 5.80. The Morgan fingerprint density at radius 3 is 2.32 bits per heavy atom. The van der Waals surface area contributed by atoms with Gasteiger partial charge in [-0.1, -0.05) is 32.0 Å². The summed E-state index contributed by atoms with van der Waals surface area (Å²) in [4.78, 5) is 22.1. The van der Waals surface area contributed by atoms with Gasteiger partial charge in [-0.3, -0.25) is 10.1 Å². The minimum atomic E-state index is -0.544. The molecule has 2 rings (SSSR count). The summed E-state index contributed by atoms with van der Waals surface area (Å²) in [7, 11) is 0. The SMILES string of the molecule is CC(NC(=O)Nc1ccc([N+](=O)[O-])cc1)Oc1ccccc1C(C)C. The fourth-order valence-electron chi connectivity index (χ4n) is 2.30. The van der Waals surface area contributed by atoms with Crippen LogP contribution in [-0.2, 0) is 0 Å². The van der Waals surface area contributed by atoms with Crippen LogP contribution in [0.15, 0.2) is 48.5 Å². The molecule has 7 heteroatoms. The van der Waals surface area contributed by atoms with E-state index in [0.717, 1.165) is 11.3 Å². The molecule has 2 aromatic carbocycles. The molecule has 2 amide bonds. The second-order valence-electron chi connectivity index (χ2n) is 5.86. The van der Waals surface area contributed by atoms with Crippen molar-refractivity contribution in [3.63, 3.8) is 0 Å². The van der Waals surface area contributed by atoms with Gasteiger partial charge in [0.25, 0.3) is 5.69 Å². The molecule has 2 N–H and O–H groups in total. The van der Waals surface area contributed by atoms with Crippen molar-refractivity contribution in [2.24, 2.45) is 0 Å². The summed E-state index contributed by atoms with van der Waals surface area (Å²) >= 11 is 0. The molecular weight excluding hydrogens is 322 g/mol. The fraction of sp³-hybridized carbons (Fsp3) is 0.278. The lowest BCUT2D eigenvalue weighted by atomic mass is 10.0. The van der Waals surface area contributed by atoms with Crippen LogP contribution in [0.2, 0.25) is 0 Å². The lowest BCUT2D eigenvalue weighted by Crippen LogP contribution is -2.39. The number of urea groups is 1. The standard InChI is InChI=1S/C18H21N3O4/c1-12(2)16-6-4-5-7-17(16)25-13(3)19-18(22)20-14-8-10-15(11-9-14)21(23)24/h4-13H,1-3H3,(H2,19,20,22). The van der Waals surface area contributed by atoms with Crippen molar-refractivity contribution in [3.8, 4) is 5.75 Å². The number of hydrogen-bond donors (Lipinski definition) is 2. The number of benzene rings is 2. The zero-order valence-corrected chi connectivity index (χ0v) is 14.4. The number of nitro benzene ring substituents is 1. The minimum absolute atomic E-state index is 0.0343. The normalized spacial score (nSPS) is 11.7. The average Bonchev–Trinajstić information content (AvgIpc) is 2.55. The minimum Gasteiger partial charge on any atom is -0.471 e. The Kier molecular flexibility index (Phi) is 5.94. The van der Waals surface area contributed by atoms with Crippen LogP contribution in [0.25, 0.3) is 0 Å². The first-order valence-corrected chi connectivity index (χ1v) is 7.94. The molecule has 0 aliphatic rings. The third kappa shape index (κ3) is 5.20. The Balaban J connectivity index is 1.93. The number of nitrogens with one attached hydrogen (secondary N) is 2. The number of hydrogen-bond acceptors (Lipinski definition) is 4. The molecule has 132 valence electrons. The van der Waals surface area contributed by atoms with Crippen molar-refractivity contribution < 1.29 is 14.5 Å². The molecule has 0 fully saturated rings. The smallest absolute Gasteiger partial charge is 0.322 e. The highest BCUT2D eigenvalue weighted by Crippen LogP contribution is 2.26. The van der Waals surface area contributed by atoms with E-state index in [2.05, 4.69) is 24.5 Å². The molecule has 0 radical (unpaired) electrons. The van der Waals surface area contributed by atoms with Gasteiger partial charge in [-0.15, -0.1) is 0 Å². The second kappa shape index (κ2) is 8.14. The summed E-state index contributed by atoms with van der Waals surface area (Å²) in [5.74, 6) is 1.03. The summed E-state index contributed by atoms with van der Waals surface area (Å²) in [5.41, 5.74) is 1.48. The first-order valence-electron chi connectivity index (χ1n) is 7.94. The van der Waals surface area contributed by atoms with E-state index in [1.54, 1.807) is 6.92 Å². The van der Waals surface area contributed by atoms with Crippen molar-refractivity contribution in [2.45, 2.75) is 32.9 Å². The molecule has 7 nitrogen and oxygen atoms in total. The lowest BCUT2D eigenvalue weighted by Gasteiger charge is -2.20. The first-order chi connectivity index (χ1) is 11.9. The third-order valence-electron chi connectivity index (χ3n) is 3.52. The maximum atomic E-state index is 12.0. The highest BCUT2D eigenvalue weighted by atomic mass is 16.6. The van der Waals surface area contributed by atoms with Crippen molar-refractivity contribution in [3.05, 3.63) is 64.2 Å². The molecule has 1 unspecified atom stereocenters. The molecule has 2 aromatic rings. The topological polar surface area (TPSA) is 93.5 Å². The van der Waals surface area contributed by atoms with E-state index in [4.69, 9.17) is 4.74 Å². The van der Waals surface area contributed by atoms with Crippen LogP contribution in [-0.4, -0.2) is 17.2 Å². The maximum Gasteiger partial charge on any atom is 0.322 e. The maximum absolute atomic E-state index is 12.0. The Labute approximate surface area is 146 Å². The summed E-state index contributed by atoms with van der Waals surface area (Å²) in [6.07, 6.45) is -0.544. The predicted octanol–water partition coefficient (Wildman–Crippen LogP) is 4.26. The van der Waals surface area contributed by atoms with Gasteiger partial charge in [0.1, 0.15) is 5.75 Å². The van der Waals surface area contributed by atoms with E-state index >= 15 is 0 Å². The van der Waals surface area contributed by atoms with Gasteiger partial charge >= 0.3 is 6.03 Å². The summed E-state index contributed by atoms with van der Waals surface area (Å²) in [6.45, 7) is 5.87. The molecule has 0 bridgehead atoms. The van der Waals surface area contributed by atoms with Crippen LogP contribution in [0, 0.1) is 10.1 Å². The van der Waals surface area contributed by atoms with E-state index in [1.165, 1.54) is 24.3 Å². The van der Waals surface area contributed by atoms with Gasteiger partial charge in [-0.2, -0.15) is 0 Å². The van der Waals surface area contributed by atoms with Crippen LogP contribution in [0.5, 0.6) is 5.75 Å². The van der Waals surface area contributed by atoms with Crippen LogP contribution in [0.4, 0.5) is 16.2 Å². The van der Waals surface area contributed by atoms with Gasteiger partial charge in [-0.05, 0) is 36.6 Å². The van der Waals surface area contributed by atoms with Crippen molar-refractivity contribution in [1.82, 2.24) is 5.32 Å². The third-order valence-corrected chi connectivity index (χ3v) is 3.52. The lowest BCUT2D eigenvalue weighted by molar-refractivity contribution is -0.384. The van der Waals surface area contributed by atoms with Crippen molar-refractivity contribution >= 4 is 17.4 Å². The molecule has 0 aliphatic heterocycles. The zero-order valence-electron chi connectivity index (χ0n) is 14.4. The van der Waals surface area contributed by atoms with Gasteiger partial charge in [0.15, 0.2) is 6.23 Å². The first kappa shape index (κ1) is 18.3. The van der Waals surface area contributed by atoms with E-state index in [-0.39, 0.29) is 5.69 Å². The van der Waals surface area contributed by atoms with E-state index in [9.17, 15) is 14.9 Å². The van der Waals surface area contributed by atoms with Gasteiger partial charge in [0, 0.05) is 17.8 Å². The van der Waals surface area contributed by atoms with Crippen LogP contribution < -0.4 is 15.4 Å². The number of carbonyl (C=O) groups is 1. The Morgan fingerprint density at radius 1 is 1.08 bits per heavy atom. The van der Waals surface area contributed by atoms with Gasteiger partial charge in [0.2, 0.25) is 0 Å². The number of nitrogens with zero attached hydrogens (tertiary/aromatic N) is 1. The zero-order chi connectivity index (χ0) is 18.4. The van der Waals surface area contributed by atoms with Crippen LogP contribution in [0.3, 0.4) is 0 Å². The summed E-state index contributed by atoms with van der Waals surface area (Å²) in [6, 6.07) is 12.8. The molecule has 0 aromatic heterocycles. The molecule has 0 heterocycles. The fourth-order valence-corrected chi connectivity index (χ4v) is 2.30. The number of nitro groups is 1. The van der Waals surface area contributed by atoms with Crippen molar-refractivity contribution in [1.29, 1.82) is 0 Å². The highest BCUT2D eigenvalue weighted by molar-refractivity contribution is 5.89. The quantitative estimate of drug-likeness (QED) is 0.465.